The van der Waals surface area contributed by atoms with Crippen LogP contribution in [-0.2, 0) is 13.1 Å². The highest BCUT2D eigenvalue weighted by Gasteiger charge is 2.13. The molecule has 0 fully saturated rings. The molecule has 0 bridgehead atoms. The number of nitrogens with two attached hydrogens (primary N) is 1. The van der Waals surface area contributed by atoms with E-state index in [9.17, 15) is 0 Å². The van der Waals surface area contributed by atoms with Crippen molar-refractivity contribution in [1.29, 1.82) is 0 Å². The van der Waals surface area contributed by atoms with E-state index in [2.05, 4.69) is 53.7 Å². The molecular weight excluding hydrogens is 224 g/mol. The Labute approximate surface area is 108 Å². The van der Waals surface area contributed by atoms with E-state index in [1.54, 1.807) is 0 Å². The maximum Gasteiger partial charge on any atom is 0.164 e. The normalized spacial score (nSPS) is 10.9. The number of aromatic nitrogens is 3. The van der Waals surface area contributed by atoms with Gasteiger partial charge in [-0.3, -0.25) is 0 Å². The number of benzene rings is 1. The predicted molar refractivity (Wildman–Crippen MR) is 73.1 cm³/mol. The fraction of sp³-hybridized carbons (Fsp3) is 0.429. The Balaban J connectivity index is 2.56. The lowest BCUT2D eigenvalue weighted by molar-refractivity contribution is 0.643. The zero-order valence-electron chi connectivity index (χ0n) is 11.3. The van der Waals surface area contributed by atoms with Gasteiger partial charge in [-0.25, -0.2) is 0 Å². The molecule has 0 atom stereocenters. The molecule has 1 heterocycles. The summed E-state index contributed by atoms with van der Waals surface area (Å²) in [6.45, 7) is 7.67. The lowest BCUT2D eigenvalue weighted by atomic mass is 10.1. The standard InChI is InChI=1S/C14H20N4/c1-4-7-18-13(9-15)16-17-14(18)12-8-10(2)5-6-11(12)3/h5-6,8H,4,7,9,15H2,1-3H3. The van der Waals surface area contributed by atoms with Crippen LogP contribution in [0.5, 0.6) is 0 Å². The minimum atomic E-state index is 0.428. The first-order valence-corrected chi connectivity index (χ1v) is 6.37. The highest BCUT2D eigenvalue weighted by atomic mass is 15.3. The van der Waals surface area contributed by atoms with Crippen molar-refractivity contribution in [2.24, 2.45) is 5.73 Å². The van der Waals surface area contributed by atoms with Crippen LogP contribution in [0.1, 0.15) is 30.3 Å². The highest BCUT2D eigenvalue weighted by molar-refractivity contribution is 5.61. The minimum absolute atomic E-state index is 0.428. The molecule has 18 heavy (non-hydrogen) atoms. The summed E-state index contributed by atoms with van der Waals surface area (Å²) in [5.41, 5.74) is 9.31. The molecule has 0 radical (unpaired) electrons. The predicted octanol–water partition coefficient (Wildman–Crippen LogP) is 2.43. The van der Waals surface area contributed by atoms with Gasteiger partial charge in [-0.2, -0.15) is 0 Å². The van der Waals surface area contributed by atoms with Crippen molar-refractivity contribution >= 4 is 0 Å². The van der Waals surface area contributed by atoms with Gasteiger partial charge >= 0.3 is 0 Å². The van der Waals surface area contributed by atoms with Crippen molar-refractivity contribution in [2.75, 3.05) is 0 Å². The lowest BCUT2D eigenvalue weighted by Crippen LogP contribution is -2.09. The summed E-state index contributed by atoms with van der Waals surface area (Å²) in [6.07, 6.45) is 1.04. The summed E-state index contributed by atoms with van der Waals surface area (Å²) >= 11 is 0. The second-order valence-corrected chi connectivity index (χ2v) is 4.61. The molecule has 1 aromatic heterocycles. The summed E-state index contributed by atoms with van der Waals surface area (Å²) in [5, 5.41) is 8.50. The summed E-state index contributed by atoms with van der Waals surface area (Å²) in [7, 11) is 0. The van der Waals surface area contributed by atoms with E-state index in [4.69, 9.17) is 5.73 Å². The molecule has 0 amide bonds. The van der Waals surface area contributed by atoms with Gasteiger partial charge in [0.05, 0.1) is 6.54 Å². The van der Waals surface area contributed by atoms with Crippen LogP contribution in [0.2, 0.25) is 0 Å². The molecule has 4 heteroatoms. The van der Waals surface area contributed by atoms with Gasteiger partial charge in [0.1, 0.15) is 5.82 Å². The van der Waals surface area contributed by atoms with Crippen LogP contribution in [0.4, 0.5) is 0 Å². The zero-order valence-corrected chi connectivity index (χ0v) is 11.3. The fourth-order valence-corrected chi connectivity index (χ4v) is 2.12. The van der Waals surface area contributed by atoms with Crippen LogP contribution in [0, 0.1) is 13.8 Å². The Kier molecular flexibility index (Phi) is 3.77. The highest BCUT2D eigenvalue weighted by Crippen LogP contribution is 2.23. The van der Waals surface area contributed by atoms with Crippen molar-refractivity contribution in [3.63, 3.8) is 0 Å². The number of hydrogen-bond acceptors (Lipinski definition) is 3. The van der Waals surface area contributed by atoms with E-state index in [-0.39, 0.29) is 0 Å². The van der Waals surface area contributed by atoms with Crippen LogP contribution in [-0.4, -0.2) is 14.8 Å². The molecule has 0 saturated heterocycles. The van der Waals surface area contributed by atoms with Gasteiger partial charge < -0.3 is 10.3 Å². The first-order valence-electron chi connectivity index (χ1n) is 6.37. The van der Waals surface area contributed by atoms with Crippen molar-refractivity contribution < 1.29 is 0 Å². The van der Waals surface area contributed by atoms with E-state index < -0.39 is 0 Å². The summed E-state index contributed by atoms with van der Waals surface area (Å²) in [4.78, 5) is 0. The average molecular weight is 244 g/mol. The quantitative estimate of drug-likeness (QED) is 0.898. The molecule has 2 aromatic rings. The number of rotatable bonds is 4. The van der Waals surface area contributed by atoms with Gasteiger partial charge in [0.2, 0.25) is 0 Å². The van der Waals surface area contributed by atoms with Gasteiger partial charge in [0.15, 0.2) is 5.82 Å². The van der Waals surface area contributed by atoms with Crippen LogP contribution < -0.4 is 5.73 Å². The van der Waals surface area contributed by atoms with E-state index in [0.29, 0.717) is 6.54 Å². The zero-order chi connectivity index (χ0) is 13.1. The molecule has 0 aliphatic heterocycles. The molecule has 4 nitrogen and oxygen atoms in total. The van der Waals surface area contributed by atoms with E-state index in [1.165, 1.54) is 11.1 Å². The number of aryl methyl sites for hydroxylation is 2. The minimum Gasteiger partial charge on any atom is -0.324 e. The molecule has 2 N–H and O–H groups in total. The maximum absolute atomic E-state index is 5.72. The third kappa shape index (κ3) is 2.29. The monoisotopic (exact) mass is 244 g/mol. The van der Waals surface area contributed by atoms with Crippen LogP contribution in [0.15, 0.2) is 18.2 Å². The van der Waals surface area contributed by atoms with Gasteiger partial charge in [0.25, 0.3) is 0 Å². The molecule has 0 spiro atoms. The van der Waals surface area contributed by atoms with Crippen LogP contribution in [0.25, 0.3) is 11.4 Å². The molecule has 0 saturated carbocycles. The number of nitrogens with zero attached hydrogens (tertiary/aromatic N) is 3. The molecule has 2 rings (SSSR count). The molecule has 1 aromatic carbocycles. The third-order valence-corrected chi connectivity index (χ3v) is 3.09. The third-order valence-electron chi connectivity index (χ3n) is 3.09. The Morgan fingerprint density at radius 2 is 2.00 bits per heavy atom. The van der Waals surface area contributed by atoms with Crippen molar-refractivity contribution in [3.8, 4) is 11.4 Å². The fourth-order valence-electron chi connectivity index (χ4n) is 2.12. The molecule has 0 unspecified atom stereocenters. The Hall–Kier alpha value is -1.68. The second-order valence-electron chi connectivity index (χ2n) is 4.61. The molecule has 0 aliphatic carbocycles. The van der Waals surface area contributed by atoms with Gasteiger partial charge in [-0.15, -0.1) is 10.2 Å². The lowest BCUT2D eigenvalue weighted by Gasteiger charge is -2.10. The smallest absolute Gasteiger partial charge is 0.164 e. The van der Waals surface area contributed by atoms with Crippen molar-refractivity contribution in [1.82, 2.24) is 14.8 Å². The summed E-state index contributed by atoms with van der Waals surface area (Å²) in [6, 6.07) is 6.40. The summed E-state index contributed by atoms with van der Waals surface area (Å²) in [5.74, 6) is 1.78. The molecule has 0 aliphatic rings. The van der Waals surface area contributed by atoms with E-state index >= 15 is 0 Å². The Bertz CT molecular complexity index is 543. The first kappa shape index (κ1) is 12.8. The molecule has 96 valence electrons. The summed E-state index contributed by atoms with van der Waals surface area (Å²) < 4.78 is 2.13. The maximum atomic E-state index is 5.72. The van der Waals surface area contributed by atoms with Crippen molar-refractivity contribution in [3.05, 3.63) is 35.2 Å². The topological polar surface area (TPSA) is 56.7 Å². The van der Waals surface area contributed by atoms with E-state index in [0.717, 1.165) is 30.2 Å². The Morgan fingerprint density at radius 3 is 2.67 bits per heavy atom. The van der Waals surface area contributed by atoms with Crippen LogP contribution in [0.3, 0.4) is 0 Å². The number of hydrogen-bond donors (Lipinski definition) is 1. The SMILES string of the molecule is CCCn1c(CN)nnc1-c1cc(C)ccc1C. The van der Waals surface area contributed by atoms with Gasteiger partial charge in [0, 0.05) is 12.1 Å². The average Bonchev–Trinajstić information content (AvgIpc) is 2.76. The first-order chi connectivity index (χ1) is 8.67. The molecular formula is C14H20N4. The Morgan fingerprint density at radius 1 is 1.22 bits per heavy atom. The van der Waals surface area contributed by atoms with E-state index in [1.807, 2.05) is 0 Å². The largest absolute Gasteiger partial charge is 0.324 e. The van der Waals surface area contributed by atoms with Gasteiger partial charge in [-0.05, 0) is 31.9 Å². The van der Waals surface area contributed by atoms with Crippen LogP contribution >= 0.6 is 0 Å². The van der Waals surface area contributed by atoms with Gasteiger partial charge in [-0.1, -0.05) is 24.6 Å². The van der Waals surface area contributed by atoms with Crippen molar-refractivity contribution in [2.45, 2.75) is 40.3 Å². The second kappa shape index (κ2) is 5.31.